The highest BCUT2D eigenvalue weighted by Crippen LogP contribution is 2.28. The van der Waals surface area contributed by atoms with Crippen molar-refractivity contribution in [1.29, 1.82) is 0 Å². The Kier molecular flexibility index (Phi) is 4.78. The molecule has 0 aromatic heterocycles. The molecule has 2 rings (SSSR count). The summed E-state index contributed by atoms with van der Waals surface area (Å²) in [5.41, 5.74) is 6.79. The van der Waals surface area contributed by atoms with Crippen LogP contribution in [0.15, 0.2) is 41.0 Å². The van der Waals surface area contributed by atoms with Crippen LogP contribution in [0.5, 0.6) is 0 Å². The van der Waals surface area contributed by atoms with Crippen LogP contribution >= 0.6 is 0 Å². The molecule has 1 aliphatic rings. The molecule has 2 nitrogen and oxygen atoms in total. The Balaban J connectivity index is 2.00. The van der Waals surface area contributed by atoms with Crippen molar-refractivity contribution in [3.05, 3.63) is 41.5 Å². The summed E-state index contributed by atoms with van der Waals surface area (Å²) in [5, 5.41) is 4.45. The number of hydrazone groups is 1. The van der Waals surface area contributed by atoms with E-state index in [2.05, 4.69) is 61.8 Å². The maximum atomic E-state index is 4.45. The molecule has 2 atom stereocenters. The Hall–Kier alpha value is -1.57. The summed E-state index contributed by atoms with van der Waals surface area (Å²) in [7, 11) is 0. The lowest BCUT2D eigenvalue weighted by atomic mass is 10.1. The van der Waals surface area contributed by atoms with E-state index in [1.54, 1.807) is 0 Å². The Morgan fingerprint density at radius 2 is 1.95 bits per heavy atom. The molecule has 2 heteroatoms. The van der Waals surface area contributed by atoms with Gasteiger partial charge in [-0.3, -0.25) is 5.43 Å². The third kappa shape index (κ3) is 3.95. The number of nitrogens with one attached hydrogen (secondary N) is 1. The zero-order valence-electron chi connectivity index (χ0n) is 12.2. The fourth-order valence-electron chi connectivity index (χ4n) is 2.66. The molecule has 0 aliphatic heterocycles. The van der Waals surface area contributed by atoms with Gasteiger partial charge in [-0.2, -0.15) is 5.10 Å². The second-order valence-corrected chi connectivity index (χ2v) is 5.81. The number of rotatable bonds is 4. The summed E-state index contributed by atoms with van der Waals surface area (Å²) in [5.74, 6) is 1.50. The third-order valence-corrected chi connectivity index (χ3v) is 3.76. The SMILES string of the molecule is CC(C)=C(N/N=C\C1CCC(C)C1)c1ccccc1. The van der Waals surface area contributed by atoms with Gasteiger partial charge in [-0.05, 0) is 44.1 Å². The molecule has 1 N–H and O–H groups in total. The number of hydrogen-bond acceptors (Lipinski definition) is 2. The first-order valence-electron chi connectivity index (χ1n) is 7.19. The van der Waals surface area contributed by atoms with Crippen molar-refractivity contribution < 1.29 is 0 Å². The van der Waals surface area contributed by atoms with Crippen LogP contribution in [0.3, 0.4) is 0 Å². The molecule has 19 heavy (non-hydrogen) atoms. The van der Waals surface area contributed by atoms with E-state index in [4.69, 9.17) is 0 Å². The molecule has 0 radical (unpaired) electrons. The van der Waals surface area contributed by atoms with Crippen molar-refractivity contribution in [3.63, 3.8) is 0 Å². The Morgan fingerprint density at radius 3 is 2.53 bits per heavy atom. The first-order chi connectivity index (χ1) is 9.16. The number of hydrogen-bond donors (Lipinski definition) is 1. The standard InChI is InChI=1S/C17H24N2/c1-13(2)17(16-7-5-4-6-8-16)19-18-12-15-10-9-14(3)11-15/h4-8,12,14-15,19H,9-11H2,1-3H3/b18-12-. The summed E-state index contributed by atoms with van der Waals surface area (Å²) >= 11 is 0. The van der Waals surface area contributed by atoms with Crippen molar-refractivity contribution in [3.8, 4) is 0 Å². The summed E-state index contributed by atoms with van der Waals surface area (Å²) < 4.78 is 0. The van der Waals surface area contributed by atoms with Crippen LogP contribution in [0.4, 0.5) is 0 Å². The molecule has 102 valence electrons. The summed E-state index contributed by atoms with van der Waals surface area (Å²) in [6, 6.07) is 10.4. The maximum absolute atomic E-state index is 4.45. The van der Waals surface area contributed by atoms with Gasteiger partial charge in [0.05, 0.1) is 5.70 Å². The van der Waals surface area contributed by atoms with Gasteiger partial charge >= 0.3 is 0 Å². The number of benzene rings is 1. The van der Waals surface area contributed by atoms with Crippen LogP contribution in [-0.4, -0.2) is 6.21 Å². The first kappa shape index (κ1) is 13.9. The topological polar surface area (TPSA) is 24.4 Å². The van der Waals surface area contributed by atoms with E-state index in [-0.39, 0.29) is 0 Å². The van der Waals surface area contributed by atoms with Gasteiger partial charge in [-0.1, -0.05) is 49.2 Å². The van der Waals surface area contributed by atoms with Gasteiger partial charge in [-0.15, -0.1) is 0 Å². The zero-order chi connectivity index (χ0) is 13.7. The van der Waals surface area contributed by atoms with Crippen molar-refractivity contribution >= 4 is 11.9 Å². The van der Waals surface area contributed by atoms with E-state index in [0.717, 1.165) is 11.6 Å². The van der Waals surface area contributed by atoms with Gasteiger partial charge in [-0.25, -0.2) is 0 Å². The summed E-state index contributed by atoms with van der Waals surface area (Å²) in [6.07, 6.45) is 5.99. The van der Waals surface area contributed by atoms with Gasteiger partial charge in [0.15, 0.2) is 0 Å². The molecule has 1 aromatic rings. The maximum Gasteiger partial charge on any atom is 0.0620 e. The minimum absolute atomic E-state index is 0.650. The van der Waals surface area contributed by atoms with Crippen LogP contribution in [-0.2, 0) is 0 Å². The van der Waals surface area contributed by atoms with Crippen LogP contribution in [0.1, 0.15) is 45.6 Å². The van der Waals surface area contributed by atoms with Crippen molar-refractivity contribution in [2.75, 3.05) is 0 Å². The molecule has 1 aliphatic carbocycles. The second-order valence-electron chi connectivity index (χ2n) is 5.81. The summed E-state index contributed by atoms with van der Waals surface area (Å²) in [4.78, 5) is 0. The average molecular weight is 256 g/mol. The van der Waals surface area contributed by atoms with Crippen molar-refractivity contribution in [2.24, 2.45) is 16.9 Å². The van der Waals surface area contributed by atoms with Crippen LogP contribution in [0.2, 0.25) is 0 Å². The van der Waals surface area contributed by atoms with Crippen molar-refractivity contribution in [1.82, 2.24) is 5.43 Å². The molecule has 0 heterocycles. The molecule has 1 fully saturated rings. The fourth-order valence-corrected chi connectivity index (χ4v) is 2.66. The van der Waals surface area contributed by atoms with Gasteiger partial charge < -0.3 is 0 Å². The molecule has 1 aromatic carbocycles. The van der Waals surface area contributed by atoms with Gasteiger partial charge in [0.25, 0.3) is 0 Å². The molecule has 2 unspecified atom stereocenters. The van der Waals surface area contributed by atoms with Crippen molar-refractivity contribution in [2.45, 2.75) is 40.0 Å². The first-order valence-corrected chi connectivity index (χ1v) is 7.19. The normalized spacial score (nSPS) is 22.7. The Bertz CT molecular complexity index is 455. The lowest BCUT2D eigenvalue weighted by Crippen LogP contribution is -2.08. The molecule has 0 amide bonds. The molecular weight excluding hydrogens is 232 g/mol. The minimum Gasteiger partial charge on any atom is -0.278 e. The second kappa shape index (κ2) is 6.55. The van der Waals surface area contributed by atoms with E-state index in [1.807, 2.05) is 6.07 Å². The van der Waals surface area contributed by atoms with E-state index in [0.29, 0.717) is 5.92 Å². The van der Waals surface area contributed by atoms with E-state index in [1.165, 1.54) is 30.4 Å². The predicted octanol–water partition coefficient (Wildman–Crippen LogP) is 4.45. The fraction of sp³-hybridized carbons (Fsp3) is 0.471. The molecule has 1 saturated carbocycles. The molecular formula is C17H24N2. The Morgan fingerprint density at radius 1 is 1.21 bits per heavy atom. The van der Waals surface area contributed by atoms with E-state index >= 15 is 0 Å². The lowest BCUT2D eigenvalue weighted by molar-refractivity contribution is 0.598. The lowest BCUT2D eigenvalue weighted by Gasteiger charge is -2.10. The van der Waals surface area contributed by atoms with Gasteiger partial charge in [0.1, 0.15) is 0 Å². The highest BCUT2D eigenvalue weighted by atomic mass is 15.3. The smallest absolute Gasteiger partial charge is 0.0620 e. The van der Waals surface area contributed by atoms with E-state index in [9.17, 15) is 0 Å². The average Bonchev–Trinajstić information content (AvgIpc) is 2.81. The largest absolute Gasteiger partial charge is 0.278 e. The monoisotopic (exact) mass is 256 g/mol. The van der Waals surface area contributed by atoms with Crippen LogP contribution in [0.25, 0.3) is 5.70 Å². The molecule has 0 saturated heterocycles. The molecule has 0 spiro atoms. The molecule has 0 bridgehead atoms. The minimum atomic E-state index is 0.650. The van der Waals surface area contributed by atoms with E-state index < -0.39 is 0 Å². The predicted molar refractivity (Wildman–Crippen MR) is 82.8 cm³/mol. The number of allylic oxidation sites excluding steroid dienone is 1. The highest BCUT2D eigenvalue weighted by molar-refractivity contribution is 5.68. The summed E-state index contributed by atoms with van der Waals surface area (Å²) in [6.45, 7) is 6.55. The van der Waals surface area contributed by atoms with Gasteiger partial charge in [0, 0.05) is 6.21 Å². The zero-order valence-corrected chi connectivity index (χ0v) is 12.2. The Labute approximate surface area is 116 Å². The van der Waals surface area contributed by atoms with Gasteiger partial charge in [0.2, 0.25) is 0 Å². The quantitative estimate of drug-likeness (QED) is 0.624. The third-order valence-electron chi connectivity index (χ3n) is 3.76. The highest BCUT2D eigenvalue weighted by Gasteiger charge is 2.19. The number of nitrogens with zero attached hydrogens (tertiary/aromatic N) is 1. The van der Waals surface area contributed by atoms with Crippen LogP contribution < -0.4 is 5.43 Å². The van der Waals surface area contributed by atoms with Crippen LogP contribution in [0, 0.1) is 11.8 Å².